The zero-order valence-corrected chi connectivity index (χ0v) is 14.8. The van der Waals surface area contributed by atoms with Crippen LogP contribution in [0.1, 0.15) is 31.4 Å². The number of aryl methyl sites for hydroxylation is 2. The lowest BCUT2D eigenvalue weighted by Crippen LogP contribution is -2.32. The summed E-state index contributed by atoms with van der Waals surface area (Å²) in [6.45, 7) is 6.00. The van der Waals surface area contributed by atoms with Gasteiger partial charge in [-0.2, -0.15) is 0 Å². The van der Waals surface area contributed by atoms with Gasteiger partial charge in [0.15, 0.2) is 6.10 Å². The third kappa shape index (κ3) is 4.51. The van der Waals surface area contributed by atoms with Gasteiger partial charge in [-0.25, -0.2) is 0 Å². The monoisotopic (exact) mass is 327 g/mol. The number of methoxy groups -OCH3 is 1. The fourth-order valence-electron chi connectivity index (χ4n) is 2.42. The molecule has 0 aliphatic heterocycles. The Labute approximate surface area is 143 Å². The van der Waals surface area contributed by atoms with Gasteiger partial charge in [0.2, 0.25) is 0 Å². The quantitative estimate of drug-likeness (QED) is 0.822. The lowest BCUT2D eigenvalue weighted by molar-refractivity contribution is -0.122. The van der Waals surface area contributed by atoms with Gasteiger partial charge in [0.25, 0.3) is 5.91 Å². The van der Waals surface area contributed by atoms with Crippen LogP contribution in [0.2, 0.25) is 0 Å². The third-order valence-electron chi connectivity index (χ3n) is 3.89. The highest BCUT2D eigenvalue weighted by Gasteiger charge is 2.20. The summed E-state index contributed by atoms with van der Waals surface area (Å²) < 4.78 is 11.2. The highest BCUT2D eigenvalue weighted by molar-refractivity contribution is 5.95. The van der Waals surface area contributed by atoms with E-state index in [1.54, 1.807) is 7.11 Å². The van der Waals surface area contributed by atoms with Crippen LogP contribution in [0.5, 0.6) is 11.5 Å². The molecule has 0 aromatic heterocycles. The second kappa shape index (κ2) is 8.39. The van der Waals surface area contributed by atoms with E-state index in [2.05, 4.69) is 12.2 Å². The second-order valence-electron chi connectivity index (χ2n) is 5.71. The number of benzene rings is 2. The zero-order chi connectivity index (χ0) is 17.5. The highest BCUT2D eigenvalue weighted by Crippen LogP contribution is 2.26. The molecule has 1 amide bonds. The smallest absolute Gasteiger partial charge is 0.265 e. The number of carbonyl (C=O) groups is 1. The zero-order valence-electron chi connectivity index (χ0n) is 14.8. The van der Waals surface area contributed by atoms with Gasteiger partial charge < -0.3 is 14.8 Å². The Balaban J connectivity index is 2.09. The van der Waals surface area contributed by atoms with Crippen LogP contribution in [0.3, 0.4) is 0 Å². The van der Waals surface area contributed by atoms with Crippen LogP contribution in [-0.4, -0.2) is 19.1 Å². The van der Waals surface area contributed by atoms with Crippen molar-refractivity contribution in [1.82, 2.24) is 0 Å². The molecule has 2 aromatic rings. The summed E-state index contributed by atoms with van der Waals surface area (Å²) in [5.41, 5.74) is 2.95. The van der Waals surface area contributed by atoms with Gasteiger partial charge in [0.1, 0.15) is 11.5 Å². The molecule has 0 spiro atoms. The molecule has 0 aliphatic carbocycles. The molecule has 0 aliphatic rings. The van der Waals surface area contributed by atoms with Crippen LogP contribution >= 0.6 is 0 Å². The van der Waals surface area contributed by atoms with E-state index in [-0.39, 0.29) is 5.91 Å². The first-order valence-electron chi connectivity index (χ1n) is 8.28. The molecule has 0 heterocycles. The van der Waals surface area contributed by atoms with E-state index in [0.717, 1.165) is 12.0 Å². The van der Waals surface area contributed by atoms with Crippen LogP contribution in [0.25, 0.3) is 0 Å². The molecule has 4 nitrogen and oxygen atoms in total. The first-order valence-corrected chi connectivity index (χ1v) is 8.28. The molecule has 128 valence electrons. The van der Waals surface area contributed by atoms with E-state index < -0.39 is 6.10 Å². The number of ether oxygens (including phenoxy) is 2. The first kappa shape index (κ1) is 17.9. The van der Waals surface area contributed by atoms with Crippen molar-refractivity contribution in [2.45, 2.75) is 39.7 Å². The predicted molar refractivity (Wildman–Crippen MR) is 96.9 cm³/mol. The Bertz CT molecular complexity index is 680. The minimum Gasteiger partial charge on any atom is -0.495 e. The van der Waals surface area contributed by atoms with Crippen LogP contribution in [-0.2, 0) is 11.2 Å². The Morgan fingerprint density at radius 3 is 2.42 bits per heavy atom. The molecule has 0 saturated carbocycles. The van der Waals surface area contributed by atoms with Gasteiger partial charge in [-0.15, -0.1) is 0 Å². The summed E-state index contributed by atoms with van der Waals surface area (Å²) in [5.74, 6) is 1.16. The lowest BCUT2D eigenvalue weighted by atomic mass is 10.1. The number of anilines is 1. The topological polar surface area (TPSA) is 47.6 Å². The average Bonchev–Trinajstić information content (AvgIpc) is 2.60. The van der Waals surface area contributed by atoms with Crippen LogP contribution < -0.4 is 14.8 Å². The summed E-state index contributed by atoms with van der Waals surface area (Å²) >= 11 is 0. The van der Waals surface area contributed by atoms with Gasteiger partial charge in [-0.1, -0.05) is 32.0 Å². The summed E-state index contributed by atoms with van der Waals surface area (Å²) in [6.07, 6.45) is 1.00. The fourth-order valence-corrected chi connectivity index (χ4v) is 2.42. The van der Waals surface area contributed by atoms with E-state index in [9.17, 15) is 4.79 Å². The minimum absolute atomic E-state index is 0.180. The van der Waals surface area contributed by atoms with Crippen LogP contribution in [0.4, 0.5) is 5.69 Å². The number of hydrogen-bond donors (Lipinski definition) is 1. The molecule has 2 aromatic carbocycles. The van der Waals surface area contributed by atoms with Gasteiger partial charge in [0.05, 0.1) is 12.8 Å². The molecule has 0 unspecified atom stereocenters. The number of carbonyl (C=O) groups excluding carboxylic acids is 1. The Morgan fingerprint density at radius 2 is 1.83 bits per heavy atom. The van der Waals surface area contributed by atoms with Crippen molar-refractivity contribution in [2.24, 2.45) is 0 Å². The van der Waals surface area contributed by atoms with Crippen molar-refractivity contribution in [3.63, 3.8) is 0 Å². The van der Waals surface area contributed by atoms with Gasteiger partial charge >= 0.3 is 0 Å². The Kier molecular flexibility index (Phi) is 6.24. The molecule has 1 N–H and O–H groups in total. The second-order valence-corrected chi connectivity index (χ2v) is 5.71. The summed E-state index contributed by atoms with van der Waals surface area (Å²) in [7, 11) is 1.59. The number of rotatable bonds is 7. The van der Waals surface area contributed by atoms with Crippen molar-refractivity contribution >= 4 is 11.6 Å². The molecule has 0 bridgehead atoms. The van der Waals surface area contributed by atoms with Crippen LogP contribution in [0.15, 0.2) is 42.5 Å². The molecule has 2 rings (SSSR count). The molecule has 0 radical (unpaired) electrons. The number of hydrogen-bond acceptors (Lipinski definition) is 3. The summed E-state index contributed by atoms with van der Waals surface area (Å²) in [4.78, 5) is 12.6. The molecular formula is C20H25NO3. The molecule has 24 heavy (non-hydrogen) atoms. The van der Waals surface area contributed by atoms with E-state index in [1.807, 2.05) is 56.3 Å². The van der Waals surface area contributed by atoms with Crippen molar-refractivity contribution in [3.8, 4) is 11.5 Å². The van der Waals surface area contributed by atoms with Crippen molar-refractivity contribution in [2.75, 3.05) is 12.4 Å². The predicted octanol–water partition coefficient (Wildman–Crippen LogP) is 4.36. The summed E-state index contributed by atoms with van der Waals surface area (Å²) in [6, 6.07) is 13.5. The maximum absolute atomic E-state index is 12.6. The minimum atomic E-state index is -0.553. The number of amides is 1. The van der Waals surface area contributed by atoms with Crippen molar-refractivity contribution in [1.29, 1.82) is 0 Å². The van der Waals surface area contributed by atoms with E-state index in [4.69, 9.17) is 9.47 Å². The molecule has 0 saturated heterocycles. The standard InChI is InChI=1S/C20H25NO3/c1-5-15-8-10-16(11-9-15)24-18(6-2)20(22)21-17-13-14(3)7-12-19(17)23-4/h7-13,18H,5-6H2,1-4H3,(H,21,22)/t18-/m0/s1. The maximum atomic E-state index is 12.6. The SMILES string of the molecule is CCc1ccc(O[C@@H](CC)C(=O)Nc2cc(C)ccc2OC)cc1. The highest BCUT2D eigenvalue weighted by atomic mass is 16.5. The largest absolute Gasteiger partial charge is 0.495 e. The van der Waals surface area contributed by atoms with E-state index in [0.29, 0.717) is 23.6 Å². The molecule has 0 fully saturated rings. The Hall–Kier alpha value is -2.49. The van der Waals surface area contributed by atoms with Gasteiger partial charge in [-0.05, 0) is 55.2 Å². The lowest BCUT2D eigenvalue weighted by Gasteiger charge is -2.18. The van der Waals surface area contributed by atoms with E-state index >= 15 is 0 Å². The fraction of sp³-hybridized carbons (Fsp3) is 0.350. The first-order chi connectivity index (χ1) is 11.6. The molecule has 1 atom stereocenters. The van der Waals surface area contributed by atoms with Crippen molar-refractivity contribution < 1.29 is 14.3 Å². The van der Waals surface area contributed by atoms with E-state index in [1.165, 1.54) is 5.56 Å². The molecular weight excluding hydrogens is 302 g/mol. The Morgan fingerprint density at radius 1 is 1.12 bits per heavy atom. The molecule has 4 heteroatoms. The van der Waals surface area contributed by atoms with Crippen LogP contribution in [0, 0.1) is 6.92 Å². The number of nitrogens with one attached hydrogen (secondary N) is 1. The van der Waals surface area contributed by atoms with Crippen molar-refractivity contribution in [3.05, 3.63) is 53.6 Å². The van der Waals surface area contributed by atoms with Gasteiger partial charge in [-0.3, -0.25) is 4.79 Å². The average molecular weight is 327 g/mol. The normalized spacial score (nSPS) is 11.7. The maximum Gasteiger partial charge on any atom is 0.265 e. The third-order valence-corrected chi connectivity index (χ3v) is 3.89. The summed E-state index contributed by atoms with van der Waals surface area (Å²) in [5, 5.41) is 2.91. The van der Waals surface area contributed by atoms with Gasteiger partial charge in [0, 0.05) is 0 Å².